The van der Waals surface area contributed by atoms with Gasteiger partial charge in [0.1, 0.15) is 11.6 Å². The smallest absolute Gasteiger partial charge is 0.198 e. The highest BCUT2D eigenvalue weighted by Crippen LogP contribution is 2.44. The molecule has 0 spiro atoms. The Morgan fingerprint density at radius 1 is 1.08 bits per heavy atom. The van der Waals surface area contributed by atoms with Crippen LogP contribution in [0.3, 0.4) is 0 Å². The summed E-state index contributed by atoms with van der Waals surface area (Å²) in [4.78, 5) is 17.5. The molecular formula is C19H17N3O2. The van der Waals surface area contributed by atoms with E-state index in [9.17, 15) is 9.90 Å². The van der Waals surface area contributed by atoms with Crippen molar-refractivity contribution in [2.24, 2.45) is 0 Å². The van der Waals surface area contributed by atoms with E-state index in [1.54, 1.807) is 12.1 Å². The van der Waals surface area contributed by atoms with Crippen LogP contribution in [0.4, 0.5) is 5.82 Å². The predicted molar refractivity (Wildman–Crippen MR) is 94.4 cm³/mol. The van der Waals surface area contributed by atoms with Crippen molar-refractivity contribution in [1.29, 1.82) is 0 Å². The number of hydrogen-bond acceptors (Lipinski definition) is 5. The van der Waals surface area contributed by atoms with Gasteiger partial charge in [0.05, 0.1) is 17.2 Å². The van der Waals surface area contributed by atoms with Gasteiger partial charge in [0.15, 0.2) is 5.78 Å². The number of fused-ring (bicyclic) bond motifs is 5. The summed E-state index contributed by atoms with van der Waals surface area (Å²) in [5.41, 5.74) is 3.73. The minimum Gasteiger partial charge on any atom is -0.508 e. The number of benzene rings is 2. The number of nitrogens with one attached hydrogen (secondary N) is 2. The second-order valence-electron chi connectivity index (χ2n) is 5.94. The van der Waals surface area contributed by atoms with Gasteiger partial charge in [0.2, 0.25) is 0 Å². The maximum atomic E-state index is 12.9. The molecule has 5 heteroatoms. The zero-order valence-electron chi connectivity index (χ0n) is 13.4. The minimum atomic E-state index is -0.0483. The van der Waals surface area contributed by atoms with Crippen molar-refractivity contribution in [1.82, 2.24) is 10.3 Å². The largest absolute Gasteiger partial charge is 0.508 e. The first-order chi connectivity index (χ1) is 11.6. The normalized spacial score (nSPS) is 13.7. The van der Waals surface area contributed by atoms with Crippen molar-refractivity contribution in [3.8, 4) is 16.9 Å². The third-order valence-electron chi connectivity index (χ3n) is 4.42. The molecule has 0 saturated carbocycles. The Morgan fingerprint density at radius 2 is 1.83 bits per heavy atom. The summed E-state index contributed by atoms with van der Waals surface area (Å²) in [5, 5.41) is 17.0. The fraction of sp³-hybridized carbons (Fsp3) is 0.158. The highest BCUT2D eigenvalue weighted by Gasteiger charge is 2.32. The van der Waals surface area contributed by atoms with Gasteiger partial charge < -0.3 is 15.7 Å². The summed E-state index contributed by atoms with van der Waals surface area (Å²) in [5.74, 6) is 0.667. The van der Waals surface area contributed by atoms with Gasteiger partial charge in [-0.25, -0.2) is 4.98 Å². The van der Waals surface area contributed by atoms with Crippen LogP contribution in [0, 0.1) is 0 Å². The van der Waals surface area contributed by atoms with Gasteiger partial charge >= 0.3 is 0 Å². The monoisotopic (exact) mass is 319 g/mol. The molecule has 1 heterocycles. The molecule has 1 aliphatic rings. The van der Waals surface area contributed by atoms with Crippen LogP contribution in [0.2, 0.25) is 0 Å². The Labute approximate surface area is 139 Å². The van der Waals surface area contributed by atoms with E-state index in [4.69, 9.17) is 0 Å². The minimum absolute atomic E-state index is 0.0196. The van der Waals surface area contributed by atoms with Crippen LogP contribution in [0.5, 0.6) is 5.75 Å². The topological polar surface area (TPSA) is 74.2 Å². The number of pyridine rings is 1. The quantitative estimate of drug-likeness (QED) is 0.506. The molecule has 2 aromatic carbocycles. The van der Waals surface area contributed by atoms with Crippen molar-refractivity contribution in [2.75, 3.05) is 12.4 Å². The lowest BCUT2D eigenvalue weighted by Crippen LogP contribution is -2.31. The molecule has 0 saturated heterocycles. The van der Waals surface area contributed by atoms with E-state index in [0.29, 0.717) is 22.5 Å². The second kappa shape index (κ2) is 5.32. The van der Waals surface area contributed by atoms with Crippen molar-refractivity contribution >= 4 is 22.5 Å². The molecule has 0 bridgehead atoms. The lowest BCUT2D eigenvalue weighted by atomic mass is 10.0. The number of phenols is 1. The third-order valence-corrected chi connectivity index (χ3v) is 4.42. The SMILES string of the molecule is CNC(C)Nc1nc2cc(O)ccc2c2c1C(=O)c1ccccc1-2. The number of carbonyl (C=O) groups excluding carboxylic acids is 1. The van der Waals surface area contributed by atoms with Crippen molar-refractivity contribution in [3.05, 3.63) is 53.6 Å². The number of nitrogens with zero attached hydrogens (tertiary/aromatic N) is 1. The van der Waals surface area contributed by atoms with E-state index in [1.807, 2.05) is 44.3 Å². The van der Waals surface area contributed by atoms with E-state index in [-0.39, 0.29) is 17.7 Å². The Kier molecular flexibility index (Phi) is 3.25. The average molecular weight is 319 g/mol. The lowest BCUT2D eigenvalue weighted by molar-refractivity contribution is 0.104. The van der Waals surface area contributed by atoms with Crippen LogP contribution in [0.25, 0.3) is 22.0 Å². The van der Waals surface area contributed by atoms with E-state index >= 15 is 0 Å². The fourth-order valence-electron chi connectivity index (χ4n) is 3.17. The molecule has 0 amide bonds. The van der Waals surface area contributed by atoms with Crippen LogP contribution >= 0.6 is 0 Å². The van der Waals surface area contributed by atoms with E-state index in [0.717, 1.165) is 16.5 Å². The summed E-state index contributed by atoms with van der Waals surface area (Å²) in [6.45, 7) is 1.95. The standard InChI is InChI=1S/C19H17N3O2/c1-10(20-2)21-19-17-16(12-5-3-4-6-13(12)18(17)24)14-8-7-11(23)9-15(14)22-19/h3-10,20,23H,1-2H3,(H,21,22). The van der Waals surface area contributed by atoms with E-state index < -0.39 is 0 Å². The molecule has 1 aromatic heterocycles. The molecule has 1 unspecified atom stereocenters. The molecule has 3 N–H and O–H groups in total. The Balaban J connectivity index is 2.08. The number of aromatic nitrogens is 1. The molecule has 120 valence electrons. The summed E-state index contributed by atoms with van der Waals surface area (Å²) < 4.78 is 0. The first-order valence-electron chi connectivity index (χ1n) is 7.85. The van der Waals surface area contributed by atoms with Gasteiger partial charge in [-0.05, 0) is 31.7 Å². The van der Waals surface area contributed by atoms with Crippen LogP contribution in [-0.4, -0.2) is 29.1 Å². The lowest BCUT2D eigenvalue weighted by Gasteiger charge is -2.17. The Morgan fingerprint density at radius 3 is 2.58 bits per heavy atom. The van der Waals surface area contributed by atoms with Crippen LogP contribution in [0.15, 0.2) is 42.5 Å². The van der Waals surface area contributed by atoms with Gasteiger partial charge in [0, 0.05) is 22.6 Å². The van der Waals surface area contributed by atoms with Crippen molar-refractivity contribution in [3.63, 3.8) is 0 Å². The Hall–Kier alpha value is -2.92. The second-order valence-corrected chi connectivity index (χ2v) is 5.94. The highest BCUT2D eigenvalue weighted by molar-refractivity contribution is 6.28. The molecule has 0 fully saturated rings. The van der Waals surface area contributed by atoms with Gasteiger partial charge in [0.25, 0.3) is 0 Å². The number of anilines is 1. The Bertz CT molecular complexity index is 982. The fourth-order valence-corrected chi connectivity index (χ4v) is 3.17. The summed E-state index contributed by atoms with van der Waals surface area (Å²) in [6.07, 6.45) is -0.0483. The molecule has 3 aromatic rings. The maximum absolute atomic E-state index is 12.9. The van der Waals surface area contributed by atoms with Crippen LogP contribution in [-0.2, 0) is 0 Å². The molecule has 0 radical (unpaired) electrons. The number of ketones is 1. The predicted octanol–water partition coefficient (Wildman–Crippen LogP) is 3.13. The third kappa shape index (κ3) is 2.06. The van der Waals surface area contributed by atoms with E-state index in [2.05, 4.69) is 15.6 Å². The molecule has 1 aliphatic carbocycles. The summed E-state index contributed by atoms with van der Waals surface area (Å²) in [7, 11) is 1.83. The first kappa shape index (κ1) is 14.7. The summed E-state index contributed by atoms with van der Waals surface area (Å²) >= 11 is 0. The number of carbonyl (C=O) groups is 1. The molecule has 0 aliphatic heterocycles. The first-order valence-corrected chi connectivity index (χ1v) is 7.85. The highest BCUT2D eigenvalue weighted by atomic mass is 16.3. The molecule has 1 atom stereocenters. The van der Waals surface area contributed by atoms with E-state index in [1.165, 1.54) is 0 Å². The van der Waals surface area contributed by atoms with Gasteiger partial charge in [-0.2, -0.15) is 0 Å². The number of aromatic hydroxyl groups is 1. The number of rotatable bonds is 3. The molecule has 24 heavy (non-hydrogen) atoms. The number of hydrogen-bond donors (Lipinski definition) is 3. The zero-order chi connectivity index (χ0) is 16.8. The van der Waals surface area contributed by atoms with Crippen molar-refractivity contribution in [2.45, 2.75) is 13.1 Å². The van der Waals surface area contributed by atoms with Gasteiger partial charge in [-0.3, -0.25) is 4.79 Å². The number of phenolic OH excluding ortho intramolecular Hbond substituents is 1. The average Bonchev–Trinajstić information content (AvgIpc) is 2.88. The summed E-state index contributed by atoms with van der Waals surface area (Å²) in [6, 6.07) is 12.7. The maximum Gasteiger partial charge on any atom is 0.198 e. The molecular weight excluding hydrogens is 302 g/mol. The van der Waals surface area contributed by atoms with Crippen LogP contribution in [0.1, 0.15) is 22.8 Å². The molecule has 4 rings (SSSR count). The zero-order valence-corrected chi connectivity index (χ0v) is 13.4. The van der Waals surface area contributed by atoms with Crippen LogP contribution < -0.4 is 10.6 Å². The van der Waals surface area contributed by atoms with Crippen molar-refractivity contribution < 1.29 is 9.90 Å². The molecule has 5 nitrogen and oxygen atoms in total. The van der Waals surface area contributed by atoms with Gasteiger partial charge in [-0.15, -0.1) is 0 Å². The van der Waals surface area contributed by atoms with Gasteiger partial charge in [-0.1, -0.05) is 24.3 Å².